The number of nitrogens with one attached hydrogen (secondary N) is 2. The largest absolute Gasteiger partial charge is 0.465 e. The van der Waals surface area contributed by atoms with Crippen LogP contribution < -0.4 is 10.6 Å². The lowest BCUT2D eigenvalue weighted by molar-refractivity contribution is -0.143. The molecule has 0 aromatic rings. The number of halogens is 1. The van der Waals surface area contributed by atoms with E-state index >= 15 is 0 Å². The van der Waals surface area contributed by atoms with Crippen molar-refractivity contribution in [3.8, 4) is 0 Å². The van der Waals surface area contributed by atoms with Gasteiger partial charge < -0.3 is 15.4 Å². The second kappa shape index (κ2) is 6.38. The second-order valence-electron chi connectivity index (χ2n) is 4.89. The molecule has 6 heteroatoms. The number of ether oxygens (including phenoxy) is 1. The molecule has 0 bridgehead atoms. The normalized spacial score (nSPS) is 23.9. The van der Waals surface area contributed by atoms with Gasteiger partial charge in [-0.2, -0.15) is 0 Å². The van der Waals surface area contributed by atoms with Gasteiger partial charge >= 0.3 is 5.97 Å². The van der Waals surface area contributed by atoms with E-state index in [1.54, 1.807) is 6.92 Å². The van der Waals surface area contributed by atoms with E-state index in [0.717, 1.165) is 32.4 Å². The van der Waals surface area contributed by atoms with Gasteiger partial charge in [-0.05, 0) is 44.7 Å². The number of carbonyl (C=O) groups is 2. The minimum absolute atomic E-state index is 0. The van der Waals surface area contributed by atoms with Gasteiger partial charge in [0.05, 0.1) is 6.61 Å². The molecule has 18 heavy (non-hydrogen) atoms. The monoisotopic (exact) mass is 276 g/mol. The van der Waals surface area contributed by atoms with Crippen molar-refractivity contribution in [2.24, 2.45) is 11.3 Å². The Kier molecular flexibility index (Phi) is 5.41. The van der Waals surface area contributed by atoms with Gasteiger partial charge in [-0.25, -0.2) is 0 Å². The lowest BCUT2D eigenvalue weighted by atomic mass is 9.92. The van der Waals surface area contributed by atoms with E-state index in [-0.39, 0.29) is 42.2 Å². The first-order chi connectivity index (χ1) is 8.18. The zero-order valence-corrected chi connectivity index (χ0v) is 11.5. The Balaban J connectivity index is 0.00000162. The van der Waals surface area contributed by atoms with E-state index in [9.17, 15) is 9.59 Å². The fourth-order valence-electron chi connectivity index (χ4n) is 2.69. The van der Waals surface area contributed by atoms with E-state index < -0.39 is 0 Å². The van der Waals surface area contributed by atoms with Gasteiger partial charge in [0, 0.05) is 5.92 Å². The Morgan fingerprint density at radius 2 is 2.06 bits per heavy atom. The molecule has 1 aliphatic heterocycles. The number of hydrogen-bond acceptors (Lipinski definition) is 4. The van der Waals surface area contributed by atoms with Crippen LogP contribution in [0.1, 0.15) is 26.2 Å². The van der Waals surface area contributed by atoms with E-state index in [1.165, 1.54) is 0 Å². The molecular weight excluding hydrogens is 256 g/mol. The fourth-order valence-corrected chi connectivity index (χ4v) is 2.69. The summed E-state index contributed by atoms with van der Waals surface area (Å²) in [5.74, 6) is -0.236. The van der Waals surface area contributed by atoms with Crippen LogP contribution in [0.25, 0.3) is 0 Å². The summed E-state index contributed by atoms with van der Waals surface area (Å²) in [4.78, 5) is 23.0. The maximum absolute atomic E-state index is 11.8. The topological polar surface area (TPSA) is 67.4 Å². The maximum atomic E-state index is 11.8. The summed E-state index contributed by atoms with van der Waals surface area (Å²) in [7, 11) is 0. The van der Waals surface area contributed by atoms with E-state index in [0.29, 0.717) is 6.61 Å². The van der Waals surface area contributed by atoms with Gasteiger partial charge in [-0.15, -0.1) is 12.4 Å². The summed E-state index contributed by atoms with van der Waals surface area (Å²) >= 11 is 0. The number of amides is 1. The third-order valence-corrected chi connectivity index (χ3v) is 3.82. The van der Waals surface area contributed by atoms with Crippen molar-refractivity contribution in [3.05, 3.63) is 0 Å². The summed E-state index contributed by atoms with van der Waals surface area (Å²) in [6, 6.07) is 0. The molecule has 104 valence electrons. The van der Waals surface area contributed by atoms with Gasteiger partial charge in [0.25, 0.3) is 0 Å². The highest BCUT2D eigenvalue weighted by Crippen LogP contribution is 2.58. The molecule has 1 unspecified atom stereocenters. The van der Waals surface area contributed by atoms with Gasteiger partial charge in [-0.3, -0.25) is 9.59 Å². The molecule has 2 N–H and O–H groups in total. The zero-order valence-electron chi connectivity index (χ0n) is 10.7. The number of piperidine rings is 1. The molecule has 1 heterocycles. The van der Waals surface area contributed by atoms with Crippen LogP contribution in [0.5, 0.6) is 0 Å². The first-order valence-electron chi connectivity index (χ1n) is 6.32. The van der Waals surface area contributed by atoms with Crippen molar-refractivity contribution in [2.75, 3.05) is 26.2 Å². The molecule has 5 nitrogen and oxygen atoms in total. The Morgan fingerprint density at radius 3 is 2.67 bits per heavy atom. The molecule has 1 saturated carbocycles. The van der Waals surface area contributed by atoms with Crippen molar-refractivity contribution >= 4 is 24.3 Å². The predicted molar refractivity (Wildman–Crippen MR) is 69.5 cm³/mol. The number of rotatable bonds is 4. The van der Waals surface area contributed by atoms with Crippen LogP contribution in [0.2, 0.25) is 0 Å². The molecule has 1 amide bonds. The van der Waals surface area contributed by atoms with Crippen LogP contribution in [0.15, 0.2) is 0 Å². The van der Waals surface area contributed by atoms with Crippen molar-refractivity contribution in [2.45, 2.75) is 26.2 Å². The molecule has 1 atom stereocenters. The molecule has 2 rings (SSSR count). The standard InChI is InChI=1S/C12H20N2O3.ClH/c1-2-17-10(15)8-14-11(16)9-7-12(9)3-5-13-6-4-12;/h9,13H,2-8H2,1H3,(H,14,16);1H. The molecule has 1 saturated heterocycles. The highest BCUT2D eigenvalue weighted by atomic mass is 35.5. The highest BCUT2D eigenvalue weighted by Gasteiger charge is 2.57. The van der Waals surface area contributed by atoms with E-state index in [4.69, 9.17) is 4.74 Å². The number of carbonyl (C=O) groups excluding carboxylic acids is 2. The lowest BCUT2D eigenvalue weighted by Gasteiger charge is -2.23. The SMILES string of the molecule is CCOC(=O)CNC(=O)C1CC12CCNCC2.Cl. The van der Waals surface area contributed by atoms with Crippen molar-refractivity contribution in [1.82, 2.24) is 10.6 Å². The van der Waals surface area contributed by atoms with Crippen molar-refractivity contribution < 1.29 is 14.3 Å². The zero-order chi connectivity index (χ0) is 12.3. The predicted octanol–water partition coefficient (Wildman–Crippen LogP) is 0.477. The summed E-state index contributed by atoms with van der Waals surface area (Å²) in [5, 5.41) is 5.97. The van der Waals surface area contributed by atoms with Crippen molar-refractivity contribution in [3.63, 3.8) is 0 Å². The molecule has 0 aromatic carbocycles. The number of hydrogen-bond donors (Lipinski definition) is 2. The molecule has 2 fully saturated rings. The van der Waals surface area contributed by atoms with E-state index in [2.05, 4.69) is 10.6 Å². The van der Waals surface area contributed by atoms with Crippen LogP contribution in [-0.4, -0.2) is 38.1 Å². The lowest BCUT2D eigenvalue weighted by Crippen LogP contribution is -2.36. The Hall–Kier alpha value is -0.810. The first kappa shape index (κ1) is 15.2. The molecule has 1 spiro atoms. The molecule has 0 aromatic heterocycles. The van der Waals surface area contributed by atoms with Crippen LogP contribution in [-0.2, 0) is 14.3 Å². The van der Waals surface area contributed by atoms with Gasteiger partial charge in [-0.1, -0.05) is 0 Å². The van der Waals surface area contributed by atoms with Crippen LogP contribution in [0.3, 0.4) is 0 Å². The minimum Gasteiger partial charge on any atom is -0.465 e. The van der Waals surface area contributed by atoms with Crippen LogP contribution in [0, 0.1) is 11.3 Å². The summed E-state index contributed by atoms with van der Waals surface area (Å²) in [6.45, 7) is 4.11. The molecular formula is C12H21ClN2O3. The summed E-state index contributed by atoms with van der Waals surface area (Å²) in [5.41, 5.74) is 0.226. The third kappa shape index (κ3) is 3.36. The maximum Gasteiger partial charge on any atom is 0.325 e. The first-order valence-corrected chi connectivity index (χ1v) is 6.32. The van der Waals surface area contributed by atoms with Gasteiger partial charge in [0.15, 0.2) is 0 Å². The Bertz CT molecular complexity index is 316. The number of esters is 1. The average Bonchev–Trinajstić information content (AvgIpc) is 3.01. The van der Waals surface area contributed by atoms with E-state index in [1.807, 2.05) is 0 Å². The Morgan fingerprint density at radius 1 is 1.39 bits per heavy atom. The van der Waals surface area contributed by atoms with Crippen LogP contribution in [0.4, 0.5) is 0 Å². The summed E-state index contributed by atoms with van der Waals surface area (Å²) < 4.78 is 4.77. The van der Waals surface area contributed by atoms with Gasteiger partial charge in [0.2, 0.25) is 5.91 Å². The second-order valence-corrected chi connectivity index (χ2v) is 4.89. The molecule has 1 aliphatic carbocycles. The summed E-state index contributed by atoms with van der Waals surface area (Å²) in [6.07, 6.45) is 3.12. The quantitative estimate of drug-likeness (QED) is 0.733. The molecule has 0 radical (unpaired) electrons. The smallest absolute Gasteiger partial charge is 0.325 e. The van der Waals surface area contributed by atoms with Crippen molar-refractivity contribution in [1.29, 1.82) is 0 Å². The van der Waals surface area contributed by atoms with Gasteiger partial charge in [0.1, 0.15) is 6.54 Å². The molecule has 2 aliphatic rings. The average molecular weight is 277 g/mol. The highest BCUT2D eigenvalue weighted by molar-refractivity contribution is 5.86. The third-order valence-electron chi connectivity index (χ3n) is 3.82. The van der Waals surface area contributed by atoms with Crippen LogP contribution >= 0.6 is 12.4 Å². The minimum atomic E-state index is -0.360. The Labute approximate surface area is 113 Å². The fraction of sp³-hybridized carbons (Fsp3) is 0.833.